The van der Waals surface area contributed by atoms with Crippen LogP contribution in [0.15, 0.2) is 47.8 Å². The van der Waals surface area contributed by atoms with Crippen LogP contribution in [0.5, 0.6) is 11.5 Å². The van der Waals surface area contributed by atoms with Crippen LogP contribution in [0.25, 0.3) is 10.6 Å². The molecule has 1 fully saturated rings. The predicted octanol–water partition coefficient (Wildman–Crippen LogP) is 3.86. The van der Waals surface area contributed by atoms with Crippen LogP contribution in [-0.2, 0) is 16.9 Å². The summed E-state index contributed by atoms with van der Waals surface area (Å²) in [6.45, 7) is 4.80. The Morgan fingerprint density at radius 1 is 1.10 bits per heavy atom. The van der Waals surface area contributed by atoms with Crippen molar-refractivity contribution in [3.05, 3.63) is 64.7 Å². The third kappa shape index (κ3) is 3.42. The highest BCUT2D eigenvalue weighted by Gasteiger charge is 2.49. The van der Waals surface area contributed by atoms with Crippen molar-refractivity contribution in [2.75, 3.05) is 13.2 Å². The Kier molecular flexibility index (Phi) is 4.66. The van der Waals surface area contributed by atoms with Gasteiger partial charge in [-0.15, -0.1) is 11.3 Å². The second-order valence-electron chi connectivity index (χ2n) is 7.81. The van der Waals surface area contributed by atoms with E-state index in [1.165, 1.54) is 21.8 Å². The lowest BCUT2D eigenvalue weighted by Gasteiger charge is -2.25. The Hall–Kier alpha value is -3.39. The van der Waals surface area contributed by atoms with Gasteiger partial charge in [-0.1, -0.05) is 35.9 Å². The van der Waals surface area contributed by atoms with Gasteiger partial charge >= 0.3 is 6.03 Å². The second kappa shape index (κ2) is 7.39. The van der Waals surface area contributed by atoms with Gasteiger partial charge in [0.25, 0.3) is 5.91 Å². The number of carbonyl (C=O) groups excluding carboxylic acids is 2. The molecule has 3 aromatic rings. The molecular formula is C23H21N3O4S. The molecule has 0 spiro atoms. The molecule has 0 aliphatic carbocycles. The number of nitrogens with one attached hydrogen (secondary N) is 1. The first kappa shape index (κ1) is 19.6. The van der Waals surface area contributed by atoms with E-state index in [2.05, 4.69) is 10.3 Å². The molecule has 158 valence electrons. The molecule has 0 radical (unpaired) electrons. The Labute approximate surface area is 183 Å². The SMILES string of the molecule is Cc1ccc(-c2nc(CN3C(=O)NC(C)(c4ccc5c(c4)OCCO5)C3=O)cs2)cc1. The van der Waals surface area contributed by atoms with Crippen molar-refractivity contribution < 1.29 is 19.1 Å². The molecule has 1 aromatic heterocycles. The summed E-state index contributed by atoms with van der Waals surface area (Å²) in [5.74, 6) is 0.894. The zero-order valence-electron chi connectivity index (χ0n) is 17.2. The zero-order chi connectivity index (χ0) is 21.6. The number of aryl methyl sites for hydroxylation is 1. The highest BCUT2D eigenvalue weighted by Crippen LogP contribution is 2.37. The molecule has 2 aliphatic heterocycles. The van der Waals surface area contributed by atoms with Crippen LogP contribution in [-0.4, -0.2) is 35.0 Å². The number of thiazole rings is 1. The molecule has 1 unspecified atom stereocenters. The number of aromatic nitrogens is 1. The normalized spacial score (nSPS) is 20.1. The first-order chi connectivity index (χ1) is 14.9. The molecule has 5 rings (SSSR count). The molecule has 0 bridgehead atoms. The van der Waals surface area contributed by atoms with Gasteiger partial charge in [-0.2, -0.15) is 0 Å². The lowest BCUT2D eigenvalue weighted by atomic mass is 9.91. The lowest BCUT2D eigenvalue weighted by molar-refractivity contribution is -0.131. The highest BCUT2D eigenvalue weighted by atomic mass is 32.1. The van der Waals surface area contributed by atoms with Crippen molar-refractivity contribution in [3.8, 4) is 22.1 Å². The zero-order valence-corrected chi connectivity index (χ0v) is 18.0. The third-order valence-corrected chi connectivity index (χ3v) is 6.51. The van der Waals surface area contributed by atoms with E-state index in [0.717, 1.165) is 10.6 Å². The summed E-state index contributed by atoms with van der Waals surface area (Å²) in [5, 5.41) is 5.58. The fraction of sp³-hybridized carbons (Fsp3) is 0.261. The molecule has 1 N–H and O–H groups in total. The maximum absolute atomic E-state index is 13.3. The fourth-order valence-electron chi connectivity index (χ4n) is 3.76. The van der Waals surface area contributed by atoms with Crippen molar-refractivity contribution in [2.45, 2.75) is 25.9 Å². The quantitative estimate of drug-likeness (QED) is 0.630. The van der Waals surface area contributed by atoms with Gasteiger partial charge in [-0.05, 0) is 31.5 Å². The summed E-state index contributed by atoms with van der Waals surface area (Å²) in [6, 6.07) is 13.0. The predicted molar refractivity (Wildman–Crippen MR) is 116 cm³/mol. The maximum Gasteiger partial charge on any atom is 0.325 e. The number of imide groups is 1. The molecule has 3 heterocycles. The number of hydrogen-bond donors (Lipinski definition) is 1. The Morgan fingerprint density at radius 2 is 1.84 bits per heavy atom. The van der Waals surface area contributed by atoms with E-state index in [-0.39, 0.29) is 12.5 Å². The molecule has 1 atom stereocenters. The van der Waals surface area contributed by atoms with E-state index < -0.39 is 11.6 Å². The topological polar surface area (TPSA) is 80.8 Å². The minimum atomic E-state index is -1.18. The van der Waals surface area contributed by atoms with E-state index >= 15 is 0 Å². The summed E-state index contributed by atoms with van der Waals surface area (Å²) in [5.41, 5.74) is 2.34. The molecule has 0 saturated carbocycles. The Balaban J connectivity index is 1.37. The molecule has 1 saturated heterocycles. The molecule has 31 heavy (non-hydrogen) atoms. The van der Waals surface area contributed by atoms with Gasteiger partial charge in [-0.3, -0.25) is 9.69 Å². The first-order valence-electron chi connectivity index (χ1n) is 10.00. The minimum absolute atomic E-state index is 0.118. The molecule has 7 nitrogen and oxygen atoms in total. The second-order valence-corrected chi connectivity index (χ2v) is 8.67. The van der Waals surface area contributed by atoms with Gasteiger partial charge in [0.1, 0.15) is 23.8 Å². The summed E-state index contributed by atoms with van der Waals surface area (Å²) in [4.78, 5) is 31.8. The van der Waals surface area contributed by atoms with E-state index in [1.807, 2.05) is 36.6 Å². The van der Waals surface area contributed by atoms with Crippen molar-refractivity contribution >= 4 is 23.3 Å². The molecular weight excluding hydrogens is 414 g/mol. The van der Waals surface area contributed by atoms with Gasteiger partial charge in [0.15, 0.2) is 11.5 Å². The number of hydrogen-bond acceptors (Lipinski definition) is 6. The van der Waals surface area contributed by atoms with Crippen LogP contribution >= 0.6 is 11.3 Å². The van der Waals surface area contributed by atoms with E-state index in [4.69, 9.17) is 9.47 Å². The maximum atomic E-state index is 13.3. The number of fused-ring (bicyclic) bond motifs is 1. The van der Waals surface area contributed by atoms with Gasteiger partial charge < -0.3 is 14.8 Å². The van der Waals surface area contributed by atoms with Gasteiger partial charge in [0, 0.05) is 10.9 Å². The van der Waals surface area contributed by atoms with Crippen LogP contribution in [0, 0.1) is 6.92 Å². The average Bonchev–Trinajstić information content (AvgIpc) is 3.33. The van der Waals surface area contributed by atoms with Crippen LogP contribution in [0.1, 0.15) is 23.7 Å². The summed E-state index contributed by atoms with van der Waals surface area (Å²) < 4.78 is 11.2. The monoisotopic (exact) mass is 435 g/mol. The molecule has 2 aliphatic rings. The van der Waals surface area contributed by atoms with Gasteiger partial charge in [0.05, 0.1) is 12.2 Å². The Bertz CT molecular complexity index is 1170. The Morgan fingerprint density at radius 3 is 2.61 bits per heavy atom. The van der Waals surface area contributed by atoms with Crippen LogP contribution in [0.4, 0.5) is 4.79 Å². The number of carbonyl (C=O) groups is 2. The number of amides is 3. The summed E-state index contributed by atoms with van der Waals surface area (Å²) in [7, 11) is 0. The van der Waals surface area contributed by atoms with Crippen LogP contribution in [0.2, 0.25) is 0 Å². The van der Waals surface area contributed by atoms with Crippen molar-refractivity contribution in [1.82, 2.24) is 15.2 Å². The first-order valence-corrected chi connectivity index (χ1v) is 10.9. The van der Waals surface area contributed by atoms with Crippen LogP contribution in [0.3, 0.4) is 0 Å². The molecule has 8 heteroatoms. The number of nitrogens with zero attached hydrogens (tertiary/aromatic N) is 2. The average molecular weight is 436 g/mol. The number of ether oxygens (including phenoxy) is 2. The third-order valence-electron chi connectivity index (χ3n) is 5.56. The van der Waals surface area contributed by atoms with E-state index in [0.29, 0.717) is 36.0 Å². The van der Waals surface area contributed by atoms with Gasteiger partial charge in [0.2, 0.25) is 0 Å². The number of benzene rings is 2. The number of rotatable bonds is 4. The highest BCUT2D eigenvalue weighted by molar-refractivity contribution is 7.13. The van der Waals surface area contributed by atoms with Crippen LogP contribution < -0.4 is 14.8 Å². The number of urea groups is 1. The van der Waals surface area contributed by atoms with Crippen molar-refractivity contribution in [1.29, 1.82) is 0 Å². The largest absolute Gasteiger partial charge is 0.486 e. The smallest absolute Gasteiger partial charge is 0.325 e. The van der Waals surface area contributed by atoms with Gasteiger partial charge in [-0.25, -0.2) is 9.78 Å². The lowest BCUT2D eigenvalue weighted by Crippen LogP contribution is -2.41. The summed E-state index contributed by atoms with van der Waals surface area (Å²) in [6.07, 6.45) is 0. The molecule has 2 aromatic carbocycles. The summed E-state index contributed by atoms with van der Waals surface area (Å²) >= 11 is 1.49. The van der Waals surface area contributed by atoms with E-state index in [1.54, 1.807) is 25.1 Å². The molecule has 3 amide bonds. The van der Waals surface area contributed by atoms with Crippen molar-refractivity contribution in [3.63, 3.8) is 0 Å². The minimum Gasteiger partial charge on any atom is -0.486 e. The van der Waals surface area contributed by atoms with Crippen molar-refractivity contribution in [2.24, 2.45) is 0 Å². The standard InChI is InChI=1S/C23H21N3O4S/c1-14-3-5-15(6-4-14)20-24-17(13-31-20)12-26-21(27)23(2,25-22(26)28)16-7-8-18-19(11-16)30-10-9-29-18/h3-8,11,13H,9-10,12H2,1-2H3,(H,25,28). The van der Waals surface area contributed by atoms with E-state index in [9.17, 15) is 9.59 Å². The fourth-order valence-corrected chi connectivity index (χ4v) is 4.58.